The second-order valence-corrected chi connectivity index (χ2v) is 32.3. The molecular weight excluding hydrogens is 1280 g/mol. The molecule has 5 atom stereocenters. The fourth-order valence-electron chi connectivity index (χ4n) is 12.2. The van der Waals surface area contributed by atoms with Gasteiger partial charge in [0.25, 0.3) is 0 Å². The summed E-state index contributed by atoms with van der Waals surface area (Å²) in [6.07, 6.45) is 59.6. The lowest BCUT2D eigenvalue weighted by molar-refractivity contribution is -0.161. The summed E-state index contributed by atoms with van der Waals surface area (Å²) in [5, 5.41) is 10.6. The smallest absolute Gasteiger partial charge is 0.462 e. The first kappa shape index (κ1) is 96.1. The van der Waals surface area contributed by atoms with Gasteiger partial charge in [0, 0.05) is 25.7 Å². The van der Waals surface area contributed by atoms with Crippen LogP contribution < -0.4 is 0 Å². The number of esters is 4. The summed E-state index contributed by atoms with van der Waals surface area (Å²) in [5.41, 5.74) is 0. The molecule has 0 fully saturated rings. The zero-order chi connectivity index (χ0) is 72.1. The lowest BCUT2D eigenvalue weighted by Gasteiger charge is -2.21. The van der Waals surface area contributed by atoms with E-state index in [9.17, 15) is 43.2 Å². The van der Waals surface area contributed by atoms with Crippen molar-refractivity contribution in [2.75, 3.05) is 39.6 Å². The van der Waals surface area contributed by atoms with E-state index in [4.69, 9.17) is 37.0 Å². The molecule has 0 bridgehead atoms. The molecular formula is C79H154O17P2. The van der Waals surface area contributed by atoms with Crippen LogP contribution >= 0.6 is 15.6 Å². The fourth-order valence-corrected chi connectivity index (χ4v) is 13.8. The number of aliphatic hydroxyl groups is 1. The number of hydrogen-bond donors (Lipinski definition) is 3. The Kier molecular flexibility index (Phi) is 69.3. The van der Waals surface area contributed by atoms with Crippen LogP contribution in [-0.4, -0.2) is 96.7 Å². The molecule has 0 aromatic heterocycles. The highest BCUT2D eigenvalue weighted by atomic mass is 31.2. The average molecular weight is 1440 g/mol. The third-order valence-electron chi connectivity index (χ3n) is 18.5. The van der Waals surface area contributed by atoms with Gasteiger partial charge in [0.05, 0.1) is 26.4 Å². The summed E-state index contributed by atoms with van der Waals surface area (Å²) in [6.45, 7) is 9.62. The molecule has 17 nitrogen and oxygen atoms in total. The normalized spacial score (nSPS) is 13.9. The minimum absolute atomic E-state index is 0.107. The molecule has 2 unspecified atom stereocenters. The van der Waals surface area contributed by atoms with Gasteiger partial charge in [-0.1, -0.05) is 363 Å². The molecule has 0 spiro atoms. The quantitative estimate of drug-likeness (QED) is 0.0222. The Balaban J connectivity index is 5.22. The molecule has 0 amide bonds. The van der Waals surface area contributed by atoms with E-state index in [1.54, 1.807) is 0 Å². The van der Waals surface area contributed by atoms with Gasteiger partial charge in [0.15, 0.2) is 12.2 Å². The van der Waals surface area contributed by atoms with Gasteiger partial charge >= 0.3 is 39.5 Å². The van der Waals surface area contributed by atoms with E-state index in [-0.39, 0.29) is 25.7 Å². The van der Waals surface area contributed by atoms with Gasteiger partial charge in [-0.2, -0.15) is 0 Å². The second-order valence-electron chi connectivity index (χ2n) is 29.4. The van der Waals surface area contributed by atoms with E-state index in [0.717, 1.165) is 102 Å². The van der Waals surface area contributed by atoms with Crippen LogP contribution in [0.5, 0.6) is 0 Å². The lowest BCUT2D eigenvalue weighted by atomic mass is 10.0. The van der Waals surface area contributed by atoms with Crippen LogP contribution in [0.15, 0.2) is 0 Å². The average Bonchev–Trinajstić information content (AvgIpc) is 1.05. The SMILES string of the molecule is CCCCCCCCCCCCCCCCCCCCCC(=O)O[C@H](COC(=O)CCCCCCCCCCCCCCCC(C)C)COP(=O)(O)OC[C@@H](O)COP(=O)(O)OC[C@@H](COC(=O)CCCCCCCCCCC)OC(=O)CCCCCCCCCCCCCC(C)C. The molecule has 0 saturated carbocycles. The Hall–Kier alpha value is -1.94. The van der Waals surface area contributed by atoms with Gasteiger partial charge < -0.3 is 33.8 Å². The van der Waals surface area contributed by atoms with Crippen LogP contribution in [0.25, 0.3) is 0 Å². The summed E-state index contributed by atoms with van der Waals surface area (Å²) in [6, 6.07) is 0. The van der Waals surface area contributed by atoms with Crippen LogP contribution in [-0.2, 0) is 65.4 Å². The fraction of sp³-hybridized carbons (Fsp3) is 0.949. The van der Waals surface area contributed by atoms with E-state index >= 15 is 0 Å². The number of rotatable bonds is 78. The van der Waals surface area contributed by atoms with Gasteiger partial charge in [-0.05, 0) is 37.5 Å². The van der Waals surface area contributed by atoms with E-state index in [0.29, 0.717) is 25.7 Å². The molecule has 0 heterocycles. The van der Waals surface area contributed by atoms with Crippen molar-refractivity contribution in [2.24, 2.45) is 11.8 Å². The Bertz CT molecular complexity index is 1890. The molecule has 0 aromatic rings. The molecule has 0 aliphatic carbocycles. The van der Waals surface area contributed by atoms with Gasteiger partial charge in [0.2, 0.25) is 0 Å². The minimum Gasteiger partial charge on any atom is -0.462 e. The van der Waals surface area contributed by atoms with Crippen molar-refractivity contribution in [3.8, 4) is 0 Å². The number of aliphatic hydroxyl groups excluding tert-OH is 1. The molecule has 3 N–H and O–H groups in total. The van der Waals surface area contributed by atoms with Crippen molar-refractivity contribution in [2.45, 2.75) is 432 Å². The van der Waals surface area contributed by atoms with Crippen LogP contribution in [0.1, 0.15) is 414 Å². The summed E-state index contributed by atoms with van der Waals surface area (Å²) in [4.78, 5) is 72.9. The third kappa shape index (κ3) is 72.4. The van der Waals surface area contributed by atoms with Gasteiger partial charge in [0.1, 0.15) is 19.3 Å². The van der Waals surface area contributed by atoms with Crippen molar-refractivity contribution in [1.29, 1.82) is 0 Å². The first-order valence-electron chi connectivity index (χ1n) is 41.0. The summed E-state index contributed by atoms with van der Waals surface area (Å²) >= 11 is 0. The number of ether oxygens (including phenoxy) is 4. The number of phosphoric acid groups is 2. The highest BCUT2D eigenvalue weighted by Crippen LogP contribution is 2.45. The first-order valence-corrected chi connectivity index (χ1v) is 44.0. The van der Waals surface area contributed by atoms with Gasteiger partial charge in [-0.15, -0.1) is 0 Å². The van der Waals surface area contributed by atoms with Crippen molar-refractivity contribution in [3.63, 3.8) is 0 Å². The Labute approximate surface area is 600 Å². The number of phosphoric ester groups is 2. The molecule has 0 aliphatic heterocycles. The van der Waals surface area contributed by atoms with E-state index in [1.807, 2.05) is 0 Å². The zero-order valence-electron chi connectivity index (χ0n) is 64.1. The highest BCUT2D eigenvalue weighted by Gasteiger charge is 2.30. The van der Waals surface area contributed by atoms with Crippen molar-refractivity contribution >= 4 is 39.5 Å². The molecule has 98 heavy (non-hydrogen) atoms. The van der Waals surface area contributed by atoms with Crippen LogP contribution in [0.4, 0.5) is 0 Å². The van der Waals surface area contributed by atoms with Crippen molar-refractivity contribution < 1.29 is 80.2 Å². The minimum atomic E-state index is -4.96. The number of hydrogen-bond acceptors (Lipinski definition) is 15. The monoisotopic (exact) mass is 1440 g/mol. The molecule has 582 valence electrons. The maximum absolute atomic E-state index is 13.1. The largest absolute Gasteiger partial charge is 0.472 e. The lowest BCUT2D eigenvalue weighted by Crippen LogP contribution is -2.30. The Morgan fingerprint density at radius 3 is 0.694 bits per heavy atom. The maximum Gasteiger partial charge on any atom is 0.472 e. The Morgan fingerprint density at radius 1 is 0.276 bits per heavy atom. The predicted octanol–water partition coefficient (Wildman–Crippen LogP) is 23.5. The summed E-state index contributed by atoms with van der Waals surface area (Å²) in [5.74, 6) is -0.555. The maximum atomic E-state index is 13.1. The highest BCUT2D eigenvalue weighted by molar-refractivity contribution is 7.47. The zero-order valence-corrected chi connectivity index (χ0v) is 65.9. The molecule has 0 saturated heterocycles. The van der Waals surface area contributed by atoms with Gasteiger partial charge in [-0.25, -0.2) is 9.13 Å². The standard InChI is InChI=1S/C79H154O17P2/c1-7-9-11-13-15-17-18-19-20-21-22-23-24-27-33-39-45-51-57-63-78(83)96-75(68-90-77(82)62-56-50-44-38-32-28-25-26-30-36-41-47-53-59-71(3)4)70-94-98(87,88)92-66-73(80)65-91-97(85,86)93-69-74(67-89-76(81)61-55-49-43-35-16-14-12-10-8-2)95-79(84)64-58-52-46-40-34-29-31-37-42-48-54-60-72(5)6/h71-75,80H,7-70H2,1-6H3,(H,85,86)(H,87,88)/t73-,74+,75+/m0/s1. The van der Waals surface area contributed by atoms with Crippen LogP contribution in [0, 0.1) is 11.8 Å². The van der Waals surface area contributed by atoms with Crippen LogP contribution in [0.3, 0.4) is 0 Å². The Morgan fingerprint density at radius 2 is 0.469 bits per heavy atom. The van der Waals surface area contributed by atoms with E-state index < -0.39 is 97.5 Å². The molecule has 19 heteroatoms. The number of unbranched alkanes of at least 4 members (excludes halogenated alkanes) is 48. The van der Waals surface area contributed by atoms with Crippen molar-refractivity contribution in [3.05, 3.63) is 0 Å². The van der Waals surface area contributed by atoms with Crippen molar-refractivity contribution in [1.82, 2.24) is 0 Å². The van der Waals surface area contributed by atoms with Crippen LogP contribution in [0.2, 0.25) is 0 Å². The molecule has 0 aliphatic rings. The summed E-state index contributed by atoms with van der Waals surface area (Å²) < 4.78 is 68.6. The van der Waals surface area contributed by atoms with E-state index in [1.165, 1.54) is 231 Å². The topological polar surface area (TPSA) is 237 Å². The van der Waals surface area contributed by atoms with Gasteiger partial charge in [-0.3, -0.25) is 37.3 Å². The molecule has 0 rings (SSSR count). The molecule has 0 aromatic carbocycles. The number of carbonyl (C=O) groups excluding carboxylic acids is 4. The predicted molar refractivity (Wildman–Crippen MR) is 400 cm³/mol. The third-order valence-corrected chi connectivity index (χ3v) is 20.4. The second kappa shape index (κ2) is 70.7. The summed E-state index contributed by atoms with van der Waals surface area (Å²) in [7, 11) is -9.91. The number of carbonyl (C=O) groups is 4. The first-order chi connectivity index (χ1) is 47.4. The molecule has 0 radical (unpaired) electrons. The van der Waals surface area contributed by atoms with E-state index in [2.05, 4.69) is 41.5 Å².